The zero-order valence-corrected chi connectivity index (χ0v) is 20.3. The van der Waals surface area contributed by atoms with Gasteiger partial charge in [-0.2, -0.15) is 5.10 Å². The van der Waals surface area contributed by atoms with Crippen LogP contribution in [0.4, 0.5) is 10.2 Å². The molecule has 3 aromatic carbocycles. The minimum atomic E-state index is -0.324. The standard InChI is InChI=1S/C30H25FN4O2/c1-35-30(28(23-15-17-32-18-16-23)29(34-35)24-9-11-25(31)12-10-24)33-27(36)19-21-7-13-26(14-8-21)37-20-22-5-3-2-4-6-22/h2-18H,19-20H2,1H3,(H,33,36). The molecule has 5 rings (SSSR count). The van der Waals surface area contributed by atoms with Gasteiger partial charge in [-0.25, -0.2) is 4.39 Å². The Bertz CT molecular complexity index is 1480. The fourth-order valence-electron chi connectivity index (χ4n) is 4.08. The first-order valence-electron chi connectivity index (χ1n) is 11.9. The highest BCUT2D eigenvalue weighted by Gasteiger charge is 2.21. The minimum Gasteiger partial charge on any atom is -0.489 e. The number of amides is 1. The van der Waals surface area contributed by atoms with Crippen LogP contribution in [0.5, 0.6) is 5.75 Å². The van der Waals surface area contributed by atoms with Gasteiger partial charge < -0.3 is 10.1 Å². The first-order valence-corrected chi connectivity index (χ1v) is 11.9. The Morgan fingerprint density at radius 1 is 0.865 bits per heavy atom. The number of rotatable bonds is 8. The van der Waals surface area contributed by atoms with Crippen LogP contribution in [-0.2, 0) is 24.9 Å². The maximum Gasteiger partial charge on any atom is 0.229 e. The molecule has 0 aliphatic carbocycles. The Morgan fingerprint density at radius 3 is 2.27 bits per heavy atom. The van der Waals surface area contributed by atoms with Crippen LogP contribution in [0.1, 0.15) is 11.1 Å². The first kappa shape index (κ1) is 23.9. The number of ether oxygens (including phenoxy) is 1. The molecule has 0 saturated carbocycles. The van der Waals surface area contributed by atoms with Crippen molar-refractivity contribution in [2.24, 2.45) is 7.05 Å². The van der Waals surface area contributed by atoms with Crippen molar-refractivity contribution in [1.29, 1.82) is 0 Å². The molecule has 0 saturated heterocycles. The maximum atomic E-state index is 13.5. The average molecular weight is 493 g/mol. The number of carbonyl (C=O) groups excluding carboxylic acids is 1. The number of hydrogen-bond donors (Lipinski definition) is 1. The van der Waals surface area contributed by atoms with Crippen molar-refractivity contribution in [2.75, 3.05) is 5.32 Å². The highest BCUT2D eigenvalue weighted by atomic mass is 19.1. The van der Waals surface area contributed by atoms with E-state index in [9.17, 15) is 9.18 Å². The number of pyridine rings is 1. The molecule has 37 heavy (non-hydrogen) atoms. The van der Waals surface area contributed by atoms with E-state index < -0.39 is 0 Å². The van der Waals surface area contributed by atoms with Crippen LogP contribution < -0.4 is 10.1 Å². The lowest BCUT2D eigenvalue weighted by Gasteiger charge is -2.10. The van der Waals surface area contributed by atoms with E-state index in [1.165, 1.54) is 12.1 Å². The number of carbonyl (C=O) groups is 1. The molecule has 6 nitrogen and oxygen atoms in total. The third-order valence-corrected chi connectivity index (χ3v) is 5.93. The zero-order chi connectivity index (χ0) is 25.6. The van der Waals surface area contributed by atoms with Gasteiger partial charge in [0.15, 0.2) is 0 Å². The molecule has 184 valence electrons. The molecule has 7 heteroatoms. The Hall–Kier alpha value is -4.78. The van der Waals surface area contributed by atoms with Gasteiger partial charge in [0.2, 0.25) is 5.91 Å². The van der Waals surface area contributed by atoms with Crippen molar-refractivity contribution in [1.82, 2.24) is 14.8 Å². The lowest BCUT2D eigenvalue weighted by molar-refractivity contribution is -0.115. The van der Waals surface area contributed by atoms with E-state index in [-0.39, 0.29) is 18.1 Å². The average Bonchev–Trinajstić information content (AvgIpc) is 3.25. The molecular formula is C30H25FN4O2. The van der Waals surface area contributed by atoms with Crippen molar-refractivity contribution in [3.63, 3.8) is 0 Å². The second-order valence-electron chi connectivity index (χ2n) is 8.58. The van der Waals surface area contributed by atoms with E-state index in [0.717, 1.165) is 33.6 Å². The molecule has 1 N–H and O–H groups in total. The summed E-state index contributed by atoms with van der Waals surface area (Å²) in [7, 11) is 1.77. The molecule has 0 fully saturated rings. The third kappa shape index (κ3) is 5.73. The molecule has 2 heterocycles. The van der Waals surface area contributed by atoms with E-state index in [1.54, 1.807) is 36.3 Å². The van der Waals surface area contributed by atoms with Crippen LogP contribution >= 0.6 is 0 Å². The van der Waals surface area contributed by atoms with Crippen molar-refractivity contribution >= 4 is 11.7 Å². The van der Waals surface area contributed by atoms with Crippen LogP contribution in [0, 0.1) is 5.82 Å². The van der Waals surface area contributed by atoms with E-state index >= 15 is 0 Å². The summed E-state index contributed by atoms with van der Waals surface area (Å²) in [5.74, 6) is 0.791. The predicted molar refractivity (Wildman–Crippen MR) is 141 cm³/mol. The quantitative estimate of drug-likeness (QED) is 0.286. The fourth-order valence-corrected chi connectivity index (χ4v) is 4.08. The molecule has 0 spiro atoms. The number of aryl methyl sites for hydroxylation is 1. The Morgan fingerprint density at radius 2 is 1.57 bits per heavy atom. The van der Waals surface area contributed by atoms with Gasteiger partial charge in [-0.1, -0.05) is 42.5 Å². The second-order valence-corrected chi connectivity index (χ2v) is 8.58. The number of aromatic nitrogens is 3. The summed E-state index contributed by atoms with van der Waals surface area (Å²) >= 11 is 0. The van der Waals surface area contributed by atoms with Gasteiger partial charge in [-0.05, 0) is 65.2 Å². The Labute approximate surface area is 214 Å². The first-order chi connectivity index (χ1) is 18.1. The van der Waals surface area contributed by atoms with Gasteiger partial charge in [-0.15, -0.1) is 0 Å². The summed E-state index contributed by atoms with van der Waals surface area (Å²) in [4.78, 5) is 17.2. The number of halogens is 1. The van der Waals surface area contributed by atoms with Crippen LogP contribution in [0.15, 0.2) is 103 Å². The highest BCUT2D eigenvalue weighted by molar-refractivity contribution is 5.99. The predicted octanol–water partition coefficient (Wildman–Crippen LogP) is 6.05. The molecule has 0 unspecified atom stereocenters. The molecule has 1 amide bonds. The summed E-state index contributed by atoms with van der Waals surface area (Å²) < 4.78 is 21.0. The summed E-state index contributed by atoms with van der Waals surface area (Å²) in [5.41, 5.74) is 4.93. The topological polar surface area (TPSA) is 69.0 Å². The molecule has 0 aliphatic rings. The zero-order valence-electron chi connectivity index (χ0n) is 20.3. The van der Waals surface area contributed by atoms with Gasteiger partial charge in [-0.3, -0.25) is 14.5 Å². The summed E-state index contributed by atoms with van der Waals surface area (Å²) in [6, 6.07) is 27.3. The third-order valence-electron chi connectivity index (χ3n) is 5.93. The van der Waals surface area contributed by atoms with Gasteiger partial charge in [0, 0.05) is 25.0 Å². The minimum absolute atomic E-state index is 0.179. The summed E-state index contributed by atoms with van der Waals surface area (Å²) in [6.45, 7) is 0.481. The molecule has 5 aromatic rings. The van der Waals surface area contributed by atoms with Crippen LogP contribution in [0.25, 0.3) is 22.4 Å². The van der Waals surface area contributed by atoms with Crippen molar-refractivity contribution < 1.29 is 13.9 Å². The molecule has 0 bridgehead atoms. The maximum absolute atomic E-state index is 13.5. The molecular weight excluding hydrogens is 467 g/mol. The number of benzene rings is 3. The lowest BCUT2D eigenvalue weighted by Crippen LogP contribution is -2.17. The van der Waals surface area contributed by atoms with Crippen LogP contribution in [0.2, 0.25) is 0 Å². The SMILES string of the molecule is Cn1nc(-c2ccc(F)cc2)c(-c2ccncc2)c1NC(=O)Cc1ccc(OCc2ccccc2)cc1. The van der Waals surface area contributed by atoms with Crippen molar-refractivity contribution in [3.8, 4) is 28.1 Å². The molecule has 2 aromatic heterocycles. The van der Waals surface area contributed by atoms with E-state index in [1.807, 2.05) is 66.7 Å². The Kier molecular flexibility index (Phi) is 7.03. The van der Waals surface area contributed by atoms with Gasteiger partial charge >= 0.3 is 0 Å². The number of anilines is 1. The smallest absolute Gasteiger partial charge is 0.229 e. The second kappa shape index (κ2) is 10.9. The van der Waals surface area contributed by atoms with Gasteiger partial charge in [0.1, 0.15) is 29.7 Å². The Balaban J connectivity index is 1.33. The summed E-state index contributed by atoms with van der Waals surface area (Å²) in [6.07, 6.45) is 3.55. The van der Waals surface area contributed by atoms with E-state index in [2.05, 4.69) is 15.4 Å². The fraction of sp³-hybridized carbons (Fsp3) is 0.100. The van der Waals surface area contributed by atoms with Crippen molar-refractivity contribution in [2.45, 2.75) is 13.0 Å². The van der Waals surface area contributed by atoms with E-state index in [4.69, 9.17) is 4.74 Å². The summed E-state index contributed by atoms with van der Waals surface area (Å²) in [5, 5.41) is 7.67. The number of hydrogen-bond acceptors (Lipinski definition) is 4. The largest absolute Gasteiger partial charge is 0.489 e. The molecule has 0 aliphatic heterocycles. The number of nitrogens with zero attached hydrogens (tertiary/aromatic N) is 3. The van der Waals surface area contributed by atoms with E-state index in [0.29, 0.717) is 18.1 Å². The monoisotopic (exact) mass is 492 g/mol. The van der Waals surface area contributed by atoms with Crippen molar-refractivity contribution in [3.05, 3.63) is 120 Å². The van der Waals surface area contributed by atoms with Crippen LogP contribution in [0.3, 0.4) is 0 Å². The molecule has 0 radical (unpaired) electrons. The van der Waals surface area contributed by atoms with Gasteiger partial charge in [0.25, 0.3) is 0 Å². The number of nitrogens with one attached hydrogen (secondary N) is 1. The van der Waals surface area contributed by atoms with Gasteiger partial charge in [0.05, 0.1) is 12.0 Å². The normalized spacial score (nSPS) is 10.8. The highest BCUT2D eigenvalue weighted by Crippen LogP contribution is 2.37. The van der Waals surface area contributed by atoms with Crippen LogP contribution in [-0.4, -0.2) is 20.7 Å². The lowest BCUT2D eigenvalue weighted by atomic mass is 10.0. The molecule has 0 atom stereocenters.